The van der Waals surface area contributed by atoms with Gasteiger partial charge in [0.1, 0.15) is 0 Å². The summed E-state index contributed by atoms with van der Waals surface area (Å²) in [6.45, 7) is 2.39. The van der Waals surface area contributed by atoms with E-state index in [-0.39, 0.29) is 25.5 Å². The first-order valence-electron chi connectivity index (χ1n) is 5.39. The summed E-state index contributed by atoms with van der Waals surface area (Å²) in [4.78, 5) is 34.5. The van der Waals surface area contributed by atoms with Gasteiger partial charge < -0.3 is 21.1 Å². The van der Waals surface area contributed by atoms with E-state index < -0.39 is 17.3 Å². The predicted molar refractivity (Wildman–Crippen MR) is 59.1 cm³/mol. The molecule has 96 valence electrons. The van der Waals surface area contributed by atoms with E-state index in [1.165, 1.54) is 4.90 Å². The Morgan fingerprint density at radius 3 is 2.59 bits per heavy atom. The summed E-state index contributed by atoms with van der Waals surface area (Å²) < 4.78 is 0. The Balaban J connectivity index is 2.40. The summed E-state index contributed by atoms with van der Waals surface area (Å²) in [5.41, 5.74) is 4.06. The van der Waals surface area contributed by atoms with Crippen LogP contribution in [0.2, 0.25) is 0 Å². The first kappa shape index (κ1) is 13.3. The van der Waals surface area contributed by atoms with E-state index in [1.807, 2.05) is 0 Å². The maximum Gasteiger partial charge on any atom is 0.317 e. The van der Waals surface area contributed by atoms with E-state index in [4.69, 9.17) is 10.8 Å². The number of carbonyl (C=O) groups excluding carboxylic acids is 2. The van der Waals surface area contributed by atoms with Gasteiger partial charge in [-0.05, 0) is 13.3 Å². The molecule has 17 heavy (non-hydrogen) atoms. The minimum absolute atomic E-state index is 0.0791. The van der Waals surface area contributed by atoms with Gasteiger partial charge in [-0.1, -0.05) is 0 Å². The standard InChI is InChI=1S/C10H17N3O4/c1-10(8(15)16)3-5-13(6-10)9(17)12-4-2-7(11)14/h2-6H2,1H3,(H2,11,14)(H,12,17)(H,15,16). The quantitative estimate of drug-likeness (QED) is 0.610. The van der Waals surface area contributed by atoms with Crippen molar-refractivity contribution >= 4 is 17.9 Å². The van der Waals surface area contributed by atoms with Gasteiger partial charge >= 0.3 is 12.0 Å². The Hall–Kier alpha value is -1.79. The first-order chi connectivity index (χ1) is 7.85. The van der Waals surface area contributed by atoms with E-state index in [0.29, 0.717) is 13.0 Å². The lowest BCUT2D eigenvalue weighted by Gasteiger charge is -2.20. The molecule has 1 aliphatic heterocycles. The fourth-order valence-electron chi connectivity index (χ4n) is 1.71. The molecule has 0 bridgehead atoms. The zero-order valence-corrected chi connectivity index (χ0v) is 9.73. The topological polar surface area (TPSA) is 113 Å². The molecule has 4 N–H and O–H groups in total. The molecule has 1 rings (SSSR count). The number of hydrogen-bond acceptors (Lipinski definition) is 3. The van der Waals surface area contributed by atoms with Crippen LogP contribution in [-0.4, -0.2) is 47.5 Å². The number of carbonyl (C=O) groups is 3. The van der Waals surface area contributed by atoms with Crippen molar-refractivity contribution in [3.63, 3.8) is 0 Å². The van der Waals surface area contributed by atoms with Gasteiger partial charge in [0.05, 0.1) is 5.41 Å². The maximum atomic E-state index is 11.6. The second kappa shape index (κ2) is 5.03. The Morgan fingerprint density at radius 1 is 1.47 bits per heavy atom. The van der Waals surface area contributed by atoms with Gasteiger partial charge in [-0.15, -0.1) is 0 Å². The fraction of sp³-hybridized carbons (Fsp3) is 0.700. The molecule has 0 aromatic carbocycles. The van der Waals surface area contributed by atoms with Crippen LogP contribution in [0.25, 0.3) is 0 Å². The third-order valence-electron chi connectivity index (χ3n) is 2.92. The summed E-state index contributed by atoms with van der Waals surface area (Å²) in [5.74, 6) is -1.38. The largest absolute Gasteiger partial charge is 0.481 e. The Morgan fingerprint density at radius 2 is 2.12 bits per heavy atom. The number of rotatable bonds is 4. The summed E-state index contributed by atoms with van der Waals surface area (Å²) in [6, 6.07) is -0.351. The molecule has 1 fully saturated rings. The number of amides is 3. The number of aliphatic carboxylic acids is 1. The number of nitrogens with two attached hydrogens (primary N) is 1. The maximum absolute atomic E-state index is 11.6. The highest BCUT2D eigenvalue weighted by atomic mass is 16.4. The van der Waals surface area contributed by atoms with Gasteiger partial charge in [-0.3, -0.25) is 9.59 Å². The van der Waals surface area contributed by atoms with Crippen molar-refractivity contribution in [2.75, 3.05) is 19.6 Å². The number of nitrogens with one attached hydrogen (secondary N) is 1. The molecule has 7 nitrogen and oxygen atoms in total. The molecule has 0 aliphatic carbocycles. The van der Waals surface area contributed by atoms with Crippen LogP contribution in [0.3, 0.4) is 0 Å². The molecule has 0 spiro atoms. The molecule has 0 saturated carbocycles. The van der Waals surface area contributed by atoms with Gasteiger partial charge in [0.25, 0.3) is 0 Å². The minimum Gasteiger partial charge on any atom is -0.481 e. The van der Waals surface area contributed by atoms with Crippen molar-refractivity contribution < 1.29 is 19.5 Å². The Kier molecular flexibility index (Phi) is 3.93. The van der Waals surface area contributed by atoms with Gasteiger partial charge in [0, 0.05) is 26.1 Å². The predicted octanol–water partition coefficient (Wildman–Crippen LogP) is -0.632. The van der Waals surface area contributed by atoms with Crippen molar-refractivity contribution in [3.8, 4) is 0 Å². The smallest absolute Gasteiger partial charge is 0.317 e. The van der Waals surface area contributed by atoms with E-state index in [9.17, 15) is 14.4 Å². The zero-order chi connectivity index (χ0) is 13.1. The molecule has 1 aliphatic rings. The van der Waals surface area contributed by atoms with Crippen LogP contribution in [0, 0.1) is 5.41 Å². The summed E-state index contributed by atoms with van der Waals surface area (Å²) in [6.07, 6.45) is 0.515. The summed E-state index contributed by atoms with van der Waals surface area (Å²) >= 11 is 0. The molecule has 1 atom stereocenters. The average molecular weight is 243 g/mol. The van der Waals surface area contributed by atoms with Gasteiger partial charge in [0.15, 0.2) is 0 Å². The SMILES string of the molecule is CC1(C(=O)O)CCN(C(=O)NCCC(N)=O)C1. The van der Waals surface area contributed by atoms with E-state index >= 15 is 0 Å². The number of likely N-dealkylation sites (tertiary alicyclic amines) is 1. The Bertz CT molecular complexity index is 344. The summed E-state index contributed by atoms with van der Waals surface area (Å²) in [7, 11) is 0. The highest BCUT2D eigenvalue weighted by Crippen LogP contribution is 2.29. The number of primary amides is 1. The lowest BCUT2D eigenvalue weighted by Crippen LogP contribution is -2.41. The molecule has 0 aromatic heterocycles. The lowest BCUT2D eigenvalue weighted by molar-refractivity contribution is -0.147. The third kappa shape index (κ3) is 3.33. The molecule has 0 radical (unpaired) electrons. The van der Waals surface area contributed by atoms with Crippen molar-refractivity contribution in [2.24, 2.45) is 11.1 Å². The molecule has 1 unspecified atom stereocenters. The van der Waals surface area contributed by atoms with Gasteiger partial charge in [-0.2, -0.15) is 0 Å². The van der Waals surface area contributed by atoms with E-state index in [2.05, 4.69) is 5.32 Å². The van der Waals surface area contributed by atoms with Crippen LogP contribution >= 0.6 is 0 Å². The van der Waals surface area contributed by atoms with Crippen molar-refractivity contribution in [3.05, 3.63) is 0 Å². The Labute approximate surface area is 98.9 Å². The normalized spacial score (nSPS) is 23.5. The summed E-state index contributed by atoms with van der Waals surface area (Å²) in [5, 5.41) is 11.5. The van der Waals surface area contributed by atoms with Crippen molar-refractivity contribution in [2.45, 2.75) is 19.8 Å². The van der Waals surface area contributed by atoms with Crippen LogP contribution in [0.4, 0.5) is 4.79 Å². The van der Waals surface area contributed by atoms with Crippen molar-refractivity contribution in [1.29, 1.82) is 0 Å². The molecule has 1 heterocycles. The molecular formula is C10H17N3O4. The molecule has 1 saturated heterocycles. The van der Waals surface area contributed by atoms with E-state index in [0.717, 1.165) is 0 Å². The third-order valence-corrected chi connectivity index (χ3v) is 2.92. The fourth-order valence-corrected chi connectivity index (χ4v) is 1.71. The highest BCUT2D eigenvalue weighted by molar-refractivity contribution is 5.80. The first-order valence-corrected chi connectivity index (χ1v) is 5.39. The number of carboxylic acid groups (broad SMARTS) is 1. The minimum atomic E-state index is -0.898. The van der Waals surface area contributed by atoms with Crippen LogP contribution in [0.15, 0.2) is 0 Å². The monoisotopic (exact) mass is 243 g/mol. The van der Waals surface area contributed by atoms with Crippen LogP contribution in [0.5, 0.6) is 0 Å². The average Bonchev–Trinajstić information content (AvgIpc) is 2.62. The van der Waals surface area contributed by atoms with Crippen molar-refractivity contribution in [1.82, 2.24) is 10.2 Å². The molecule has 0 aromatic rings. The highest BCUT2D eigenvalue weighted by Gasteiger charge is 2.42. The van der Waals surface area contributed by atoms with Crippen LogP contribution in [-0.2, 0) is 9.59 Å². The van der Waals surface area contributed by atoms with Gasteiger partial charge in [0.2, 0.25) is 5.91 Å². The number of urea groups is 1. The molecular weight excluding hydrogens is 226 g/mol. The van der Waals surface area contributed by atoms with E-state index in [1.54, 1.807) is 6.92 Å². The second-order valence-electron chi connectivity index (χ2n) is 4.49. The molecule has 7 heteroatoms. The second-order valence-corrected chi connectivity index (χ2v) is 4.49. The van der Waals surface area contributed by atoms with Gasteiger partial charge in [-0.25, -0.2) is 4.79 Å². The number of hydrogen-bond donors (Lipinski definition) is 3. The van der Waals surface area contributed by atoms with Crippen LogP contribution in [0.1, 0.15) is 19.8 Å². The number of carboxylic acids is 1. The number of nitrogens with zero attached hydrogens (tertiary/aromatic N) is 1. The molecule has 3 amide bonds. The zero-order valence-electron chi connectivity index (χ0n) is 9.73. The van der Waals surface area contributed by atoms with Crippen LogP contribution < -0.4 is 11.1 Å². The lowest BCUT2D eigenvalue weighted by atomic mass is 9.90.